The van der Waals surface area contributed by atoms with E-state index in [0.717, 1.165) is 19.6 Å². The van der Waals surface area contributed by atoms with Crippen molar-refractivity contribution in [2.24, 2.45) is 0 Å². The minimum absolute atomic E-state index is 0.359. The van der Waals surface area contributed by atoms with Gasteiger partial charge in [-0.15, -0.1) is 0 Å². The van der Waals surface area contributed by atoms with Gasteiger partial charge < -0.3 is 5.32 Å². The summed E-state index contributed by atoms with van der Waals surface area (Å²) in [4.78, 5) is 0. The Hall–Kier alpha value is -2.40. The van der Waals surface area contributed by atoms with Crippen LogP contribution < -0.4 is 5.32 Å². The van der Waals surface area contributed by atoms with Crippen molar-refractivity contribution in [2.75, 3.05) is 0 Å². The number of aromatic nitrogens is 4. The van der Waals surface area contributed by atoms with Gasteiger partial charge in [0.2, 0.25) is 0 Å². The molecular formula is C17H21N5. The van der Waals surface area contributed by atoms with Crippen LogP contribution in [0.5, 0.6) is 0 Å². The third-order valence-electron chi connectivity index (χ3n) is 3.55. The number of hydrogen-bond donors (Lipinski definition) is 1. The van der Waals surface area contributed by atoms with Gasteiger partial charge in [0.15, 0.2) is 0 Å². The third-order valence-corrected chi connectivity index (χ3v) is 3.55. The quantitative estimate of drug-likeness (QED) is 0.727. The lowest BCUT2D eigenvalue weighted by Gasteiger charge is -2.12. The molecule has 0 saturated carbocycles. The summed E-state index contributed by atoms with van der Waals surface area (Å²) in [7, 11) is 0. The van der Waals surface area contributed by atoms with E-state index in [1.54, 1.807) is 6.20 Å². The van der Waals surface area contributed by atoms with Crippen molar-refractivity contribution in [2.45, 2.75) is 32.6 Å². The van der Waals surface area contributed by atoms with Crippen LogP contribution in [0, 0.1) is 0 Å². The van der Waals surface area contributed by atoms with Crippen molar-refractivity contribution < 1.29 is 0 Å². The molecule has 0 radical (unpaired) electrons. The SMILES string of the molecule is C[C@@H](Cn1cccn1)NCc1cnn(Cc2ccccc2)c1. The van der Waals surface area contributed by atoms with Crippen molar-refractivity contribution in [3.63, 3.8) is 0 Å². The van der Waals surface area contributed by atoms with E-state index in [4.69, 9.17) is 0 Å². The molecule has 1 atom stereocenters. The maximum absolute atomic E-state index is 4.42. The lowest BCUT2D eigenvalue weighted by molar-refractivity contribution is 0.450. The predicted molar refractivity (Wildman–Crippen MR) is 86.3 cm³/mol. The number of benzene rings is 1. The summed E-state index contributed by atoms with van der Waals surface area (Å²) in [6.07, 6.45) is 7.81. The number of nitrogens with one attached hydrogen (secondary N) is 1. The Morgan fingerprint density at radius 1 is 1.05 bits per heavy atom. The summed E-state index contributed by atoms with van der Waals surface area (Å²) in [6.45, 7) is 4.65. The van der Waals surface area contributed by atoms with E-state index >= 15 is 0 Å². The average molecular weight is 295 g/mol. The molecule has 22 heavy (non-hydrogen) atoms. The topological polar surface area (TPSA) is 47.7 Å². The van der Waals surface area contributed by atoms with E-state index in [1.807, 2.05) is 33.9 Å². The molecule has 114 valence electrons. The smallest absolute Gasteiger partial charge is 0.0659 e. The molecule has 0 unspecified atom stereocenters. The summed E-state index contributed by atoms with van der Waals surface area (Å²) in [5.41, 5.74) is 2.46. The van der Waals surface area contributed by atoms with Gasteiger partial charge in [-0.3, -0.25) is 9.36 Å². The Morgan fingerprint density at radius 3 is 2.68 bits per heavy atom. The molecule has 0 aliphatic heterocycles. The van der Waals surface area contributed by atoms with Crippen LogP contribution in [-0.4, -0.2) is 25.6 Å². The monoisotopic (exact) mass is 295 g/mol. The van der Waals surface area contributed by atoms with Crippen LogP contribution in [0.15, 0.2) is 61.2 Å². The van der Waals surface area contributed by atoms with Crippen LogP contribution in [-0.2, 0) is 19.6 Å². The van der Waals surface area contributed by atoms with Crippen LogP contribution in [0.2, 0.25) is 0 Å². The van der Waals surface area contributed by atoms with Gasteiger partial charge in [0.1, 0.15) is 0 Å². The molecule has 0 amide bonds. The van der Waals surface area contributed by atoms with E-state index in [-0.39, 0.29) is 0 Å². The summed E-state index contributed by atoms with van der Waals surface area (Å²) >= 11 is 0. The predicted octanol–water partition coefficient (Wildman–Crippen LogP) is 2.31. The largest absolute Gasteiger partial charge is 0.308 e. The summed E-state index contributed by atoms with van der Waals surface area (Å²) in [5.74, 6) is 0. The lowest BCUT2D eigenvalue weighted by atomic mass is 10.2. The van der Waals surface area contributed by atoms with Gasteiger partial charge >= 0.3 is 0 Å². The first-order valence-corrected chi connectivity index (χ1v) is 7.55. The zero-order valence-electron chi connectivity index (χ0n) is 12.8. The maximum Gasteiger partial charge on any atom is 0.0659 e. The van der Waals surface area contributed by atoms with Crippen molar-refractivity contribution >= 4 is 0 Å². The zero-order chi connectivity index (χ0) is 15.2. The second-order valence-electron chi connectivity index (χ2n) is 5.54. The van der Waals surface area contributed by atoms with Gasteiger partial charge in [-0.2, -0.15) is 10.2 Å². The first-order chi connectivity index (χ1) is 10.8. The third kappa shape index (κ3) is 4.05. The summed E-state index contributed by atoms with van der Waals surface area (Å²) in [6, 6.07) is 12.7. The van der Waals surface area contributed by atoms with E-state index in [0.29, 0.717) is 6.04 Å². The molecule has 1 aromatic carbocycles. The molecule has 0 bridgehead atoms. The number of rotatable bonds is 7. The Balaban J connectivity index is 1.49. The van der Waals surface area contributed by atoms with Crippen LogP contribution in [0.1, 0.15) is 18.1 Å². The minimum atomic E-state index is 0.359. The van der Waals surface area contributed by atoms with Gasteiger partial charge in [0, 0.05) is 36.7 Å². The molecule has 0 fully saturated rings. The molecule has 3 rings (SSSR count). The fourth-order valence-electron chi connectivity index (χ4n) is 2.40. The van der Waals surface area contributed by atoms with E-state index in [9.17, 15) is 0 Å². The van der Waals surface area contributed by atoms with Gasteiger partial charge in [-0.25, -0.2) is 0 Å². The van der Waals surface area contributed by atoms with Gasteiger partial charge in [0.25, 0.3) is 0 Å². The fraction of sp³-hybridized carbons (Fsp3) is 0.294. The van der Waals surface area contributed by atoms with Crippen LogP contribution in [0.4, 0.5) is 0 Å². The maximum atomic E-state index is 4.42. The van der Waals surface area contributed by atoms with Crippen molar-refractivity contribution in [3.8, 4) is 0 Å². The molecule has 3 aromatic rings. The molecule has 0 aliphatic carbocycles. The summed E-state index contributed by atoms with van der Waals surface area (Å²) in [5, 5.41) is 12.1. The highest BCUT2D eigenvalue weighted by atomic mass is 15.3. The average Bonchev–Trinajstić information content (AvgIpc) is 3.18. The Bertz CT molecular complexity index is 672. The second kappa shape index (κ2) is 7.04. The van der Waals surface area contributed by atoms with Crippen molar-refractivity contribution in [1.82, 2.24) is 24.9 Å². The Kier molecular flexibility index (Phi) is 4.65. The number of nitrogens with zero attached hydrogens (tertiary/aromatic N) is 4. The van der Waals surface area contributed by atoms with Crippen LogP contribution in [0.3, 0.4) is 0 Å². The highest BCUT2D eigenvalue weighted by Gasteiger charge is 2.04. The normalized spacial score (nSPS) is 12.4. The van der Waals surface area contributed by atoms with E-state index in [2.05, 4.69) is 52.9 Å². The second-order valence-corrected chi connectivity index (χ2v) is 5.54. The summed E-state index contributed by atoms with van der Waals surface area (Å²) < 4.78 is 3.92. The molecule has 5 heteroatoms. The van der Waals surface area contributed by atoms with E-state index < -0.39 is 0 Å². The van der Waals surface area contributed by atoms with E-state index in [1.165, 1.54) is 11.1 Å². The van der Waals surface area contributed by atoms with Gasteiger partial charge in [-0.1, -0.05) is 30.3 Å². The van der Waals surface area contributed by atoms with Crippen molar-refractivity contribution in [3.05, 3.63) is 72.3 Å². The molecule has 1 N–H and O–H groups in total. The van der Waals surface area contributed by atoms with Crippen LogP contribution >= 0.6 is 0 Å². The standard InChI is InChI=1S/C17H21N5/c1-15(12-21-9-5-8-19-21)18-10-17-11-20-22(14-17)13-16-6-3-2-4-7-16/h2-9,11,14-15,18H,10,12-13H2,1H3/t15-/m0/s1. The van der Waals surface area contributed by atoms with Crippen molar-refractivity contribution in [1.29, 1.82) is 0 Å². The van der Waals surface area contributed by atoms with Gasteiger partial charge in [-0.05, 0) is 18.6 Å². The molecule has 0 spiro atoms. The molecule has 2 aromatic heterocycles. The molecular weight excluding hydrogens is 274 g/mol. The highest BCUT2D eigenvalue weighted by molar-refractivity contribution is 5.15. The first-order valence-electron chi connectivity index (χ1n) is 7.55. The molecule has 2 heterocycles. The molecule has 0 saturated heterocycles. The Labute approximate surface area is 130 Å². The Morgan fingerprint density at radius 2 is 1.91 bits per heavy atom. The highest BCUT2D eigenvalue weighted by Crippen LogP contribution is 2.04. The van der Waals surface area contributed by atoms with Gasteiger partial charge in [0.05, 0.1) is 19.3 Å². The lowest BCUT2D eigenvalue weighted by Crippen LogP contribution is -2.30. The van der Waals surface area contributed by atoms with Crippen LogP contribution in [0.25, 0.3) is 0 Å². The fourth-order valence-corrected chi connectivity index (χ4v) is 2.40. The molecule has 0 aliphatic rings. The minimum Gasteiger partial charge on any atom is -0.308 e. The number of hydrogen-bond acceptors (Lipinski definition) is 3. The molecule has 5 nitrogen and oxygen atoms in total. The zero-order valence-corrected chi connectivity index (χ0v) is 12.8. The first kappa shape index (κ1) is 14.5.